The van der Waals surface area contributed by atoms with Crippen LogP contribution in [0.3, 0.4) is 0 Å². The number of nitrogens with zero attached hydrogens (tertiary/aromatic N) is 3. The Hall–Kier alpha value is -1.17. The van der Waals surface area contributed by atoms with Crippen LogP contribution in [0.4, 0.5) is 0 Å². The van der Waals surface area contributed by atoms with E-state index in [1.807, 2.05) is 19.0 Å². The molecule has 0 radical (unpaired) electrons. The molecule has 0 aromatic carbocycles. The van der Waals surface area contributed by atoms with Crippen LogP contribution in [0.1, 0.15) is 10.4 Å². The molecule has 20 heavy (non-hydrogen) atoms. The minimum atomic E-state index is -0.0331. The van der Waals surface area contributed by atoms with Crippen LogP contribution < -0.4 is 0 Å². The fourth-order valence-electron chi connectivity index (χ4n) is 2.40. The van der Waals surface area contributed by atoms with Crippen LogP contribution in [0.2, 0.25) is 5.02 Å². The summed E-state index contributed by atoms with van der Waals surface area (Å²) in [7, 11) is 4.05. The molecule has 1 aliphatic heterocycles. The minimum absolute atomic E-state index is 0.0331. The molecule has 0 spiro atoms. The smallest absolute Gasteiger partial charge is 0.255 e. The highest BCUT2D eigenvalue weighted by Crippen LogP contribution is 2.14. The van der Waals surface area contributed by atoms with Gasteiger partial charge in [-0.05, 0) is 20.2 Å². The first-order valence-corrected chi connectivity index (χ1v) is 7.06. The van der Waals surface area contributed by atoms with Crippen molar-refractivity contribution in [2.75, 3.05) is 46.9 Å². The molecular weight excluding hydrogens is 278 g/mol. The van der Waals surface area contributed by atoms with E-state index >= 15 is 0 Å². The molecule has 1 aliphatic rings. The first-order valence-electron chi connectivity index (χ1n) is 6.68. The highest BCUT2D eigenvalue weighted by atomic mass is 35.5. The van der Waals surface area contributed by atoms with E-state index in [-0.39, 0.29) is 5.91 Å². The lowest BCUT2D eigenvalue weighted by Gasteiger charge is -2.25. The Balaban J connectivity index is 2.07. The normalized spacial score (nSPS) is 20.0. The van der Waals surface area contributed by atoms with E-state index in [9.17, 15) is 4.79 Å². The van der Waals surface area contributed by atoms with Gasteiger partial charge in [-0.15, -0.1) is 0 Å². The summed E-state index contributed by atoms with van der Waals surface area (Å²) in [5.74, 6) is 0.290. The van der Waals surface area contributed by atoms with Crippen molar-refractivity contribution in [2.45, 2.75) is 0 Å². The highest BCUT2D eigenvalue weighted by Gasteiger charge is 2.24. The second-order valence-electron chi connectivity index (χ2n) is 5.35. The molecule has 0 unspecified atom stereocenters. The van der Waals surface area contributed by atoms with Crippen LogP contribution in [0, 0.1) is 5.92 Å². The van der Waals surface area contributed by atoms with Gasteiger partial charge in [-0.1, -0.05) is 11.6 Å². The molecule has 5 nitrogen and oxygen atoms in total. The fraction of sp³-hybridized carbons (Fsp3) is 0.571. The summed E-state index contributed by atoms with van der Waals surface area (Å²) in [4.78, 5) is 20.4. The Labute approximate surface area is 124 Å². The number of hydrogen-bond acceptors (Lipinski definition) is 4. The number of pyridine rings is 1. The maximum Gasteiger partial charge on any atom is 0.255 e. The first kappa shape index (κ1) is 15.2. The van der Waals surface area contributed by atoms with Gasteiger partial charge in [0, 0.05) is 37.9 Å². The Bertz CT molecular complexity index is 467. The topological polar surface area (TPSA) is 45.7 Å². The van der Waals surface area contributed by atoms with E-state index in [0.29, 0.717) is 42.8 Å². The summed E-state index contributed by atoms with van der Waals surface area (Å²) in [5.41, 5.74) is 0.531. The molecule has 0 saturated carbocycles. The van der Waals surface area contributed by atoms with Gasteiger partial charge in [0.15, 0.2) is 0 Å². The van der Waals surface area contributed by atoms with Gasteiger partial charge >= 0.3 is 0 Å². The minimum Gasteiger partial charge on any atom is -0.379 e. The van der Waals surface area contributed by atoms with Crippen LogP contribution in [-0.2, 0) is 4.74 Å². The Morgan fingerprint density at radius 1 is 1.55 bits per heavy atom. The van der Waals surface area contributed by atoms with Crippen molar-refractivity contribution in [3.8, 4) is 0 Å². The third-order valence-corrected chi connectivity index (χ3v) is 3.41. The van der Waals surface area contributed by atoms with E-state index in [4.69, 9.17) is 16.3 Å². The van der Waals surface area contributed by atoms with E-state index in [0.717, 1.165) is 6.54 Å². The highest BCUT2D eigenvalue weighted by molar-refractivity contribution is 6.30. The van der Waals surface area contributed by atoms with Crippen molar-refractivity contribution in [1.82, 2.24) is 14.8 Å². The summed E-state index contributed by atoms with van der Waals surface area (Å²) in [6.07, 6.45) is 3.08. The number of halogens is 1. The van der Waals surface area contributed by atoms with E-state index in [1.54, 1.807) is 12.3 Å². The fourth-order valence-corrected chi connectivity index (χ4v) is 2.58. The van der Waals surface area contributed by atoms with E-state index in [1.165, 1.54) is 6.20 Å². The summed E-state index contributed by atoms with van der Waals surface area (Å²) >= 11 is 5.89. The first-order chi connectivity index (χ1) is 9.56. The van der Waals surface area contributed by atoms with Crippen molar-refractivity contribution in [2.24, 2.45) is 5.92 Å². The molecule has 2 heterocycles. The SMILES string of the molecule is CN(C)C[C@H]1COCCN(C(=O)c2cncc(Cl)c2)C1. The Morgan fingerprint density at radius 3 is 3.05 bits per heavy atom. The molecule has 0 aliphatic carbocycles. The molecule has 1 aromatic rings. The predicted molar refractivity (Wildman–Crippen MR) is 78.0 cm³/mol. The van der Waals surface area contributed by atoms with Crippen LogP contribution >= 0.6 is 11.6 Å². The van der Waals surface area contributed by atoms with Crippen molar-refractivity contribution >= 4 is 17.5 Å². The second kappa shape index (κ2) is 7.02. The largest absolute Gasteiger partial charge is 0.379 e. The van der Waals surface area contributed by atoms with E-state index in [2.05, 4.69) is 9.88 Å². The molecule has 0 bridgehead atoms. The summed E-state index contributed by atoms with van der Waals surface area (Å²) in [6.45, 7) is 3.47. The lowest BCUT2D eigenvalue weighted by Crippen LogP contribution is -2.38. The van der Waals surface area contributed by atoms with Crippen LogP contribution in [-0.4, -0.2) is 67.6 Å². The molecule has 1 aromatic heterocycles. The van der Waals surface area contributed by atoms with Gasteiger partial charge in [0.1, 0.15) is 0 Å². The van der Waals surface area contributed by atoms with Gasteiger partial charge in [0.2, 0.25) is 0 Å². The molecule has 2 rings (SSSR count). The zero-order valence-electron chi connectivity index (χ0n) is 11.9. The average Bonchev–Trinajstić information content (AvgIpc) is 2.62. The van der Waals surface area contributed by atoms with Gasteiger partial charge in [-0.25, -0.2) is 0 Å². The molecule has 1 saturated heterocycles. The Kier molecular flexibility index (Phi) is 5.34. The van der Waals surface area contributed by atoms with Crippen molar-refractivity contribution in [3.05, 3.63) is 29.0 Å². The van der Waals surface area contributed by atoms with Gasteiger partial charge in [-0.2, -0.15) is 0 Å². The van der Waals surface area contributed by atoms with Crippen LogP contribution in [0.15, 0.2) is 18.5 Å². The maximum atomic E-state index is 12.5. The zero-order chi connectivity index (χ0) is 14.5. The quantitative estimate of drug-likeness (QED) is 0.846. The van der Waals surface area contributed by atoms with Crippen molar-refractivity contribution < 1.29 is 9.53 Å². The van der Waals surface area contributed by atoms with Crippen molar-refractivity contribution in [1.29, 1.82) is 0 Å². The average molecular weight is 298 g/mol. The third kappa shape index (κ3) is 4.16. The van der Waals surface area contributed by atoms with E-state index < -0.39 is 0 Å². The number of ether oxygens (including phenoxy) is 1. The lowest BCUT2D eigenvalue weighted by atomic mass is 10.1. The third-order valence-electron chi connectivity index (χ3n) is 3.20. The van der Waals surface area contributed by atoms with Gasteiger partial charge < -0.3 is 14.5 Å². The molecule has 1 amide bonds. The number of amides is 1. The van der Waals surface area contributed by atoms with Gasteiger partial charge in [0.05, 0.1) is 23.8 Å². The number of carbonyl (C=O) groups is 1. The zero-order valence-corrected chi connectivity index (χ0v) is 12.6. The molecular formula is C14H20ClN3O2. The monoisotopic (exact) mass is 297 g/mol. The lowest BCUT2D eigenvalue weighted by molar-refractivity contribution is 0.0734. The number of aromatic nitrogens is 1. The molecule has 0 N–H and O–H groups in total. The summed E-state index contributed by atoms with van der Waals surface area (Å²) in [5, 5.41) is 0.478. The molecule has 1 fully saturated rings. The van der Waals surface area contributed by atoms with Gasteiger partial charge in [-0.3, -0.25) is 9.78 Å². The van der Waals surface area contributed by atoms with Crippen LogP contribution in [0.25, 0.3) is 0 Å². The molecule has 1 atom stereocenters. The number of hydrogen-bond donors (Lipinski definition) is 0. The standard InChI is InChI=1S/C14H20ClN3O2/c1-17(2)8-11-9-18(3-4-20-10-11)14(19)12-5-13(15)7-16-6-12/h5-7,11H,3-4,8-10H2,1-2H3/t11-/m1/s1. The predicted octanol–water partition coefficient (Wildman–Crippen LogP) is 1.39. The maximum absolute atomic E-state index is 12.5. The van der Waals surface area contributed by atoms with Crippen LogP contribution in [0.5, 0.6) is 0 Å². The number of carbonyl (C=O) groups excluding carboxylic acids is 1. The summed E-state index contributed by atoms with van der Waals surface area (Å²) < 4.78 is 5.59. The molecule has 110 valence electrons. The van der Waals surface area contributed by atoms with Crippen molar-refractivity contribution in [3.63, 3.8) is 0 Å². The van der Waals surface area contributed by atoms with Gasteiger partial charge in [0.25, 0.3) is 5.91 Å². The Morgan fingerprint density at radius 2 is 2.35 bits per heavy atom. The number of rotatable bonds is 3. The second-order valence-corrected chi connectivity index (χ2v) is 5.78. The molecule has 6 heteroatoms. The summed E-state index contributed by atoms with van der Waals surface area (Å²) in [6, 6.07) is 1.66.